The minimum absolute atomic E-state index is 0.0104. The average molecular weight is 298 g/mol. The Hall–Kier alpha value is -1.82. The first kappa shape index (κ1) is 14.6. The zero-order valence-corrected chi connectivity index (χ0v) is 12.6. The molecule has 7 heteroatoms. The van der Waals surface area contributed by atoms with Gasteiger partial charge in [0.15, 0.2) is 5.69 Å². The van der Waals surface area contributed by atoms with Crippen LogP contribution < -0.4 is 0 Å². The molecule has 108 valence electrons. The number of hydrogen-bond acceptors (Lipinski definition) is 5. The summed E-state index contributed by atoms with van der Waals surface area (Å²) in [7, 11) is 0. The Kier molecular flexibility index (Phi) is 3.85. The zero-order chi connectivity index (χ0) is 14.9. The summed E-state index contributed by atoms with van der Waals surface area (Å²) in [6.45, 7) is 7.19. The van der Waals surface area contributed by atoms with Crippen molar-refractivity contribution in [1.82, 2.24) is 14.8 Å². The molecule has 0 saturated carbocycles. The van der Waals surface area contributed by atoms with Crippen LogP contribution in [0.15, 0.2) is 16.9 Å². The molecule has 0 aromatic carbocycles. The van der Waals surface area contributed by atoms with E-state index in [2.05, 4.69) is 10.1 Å². The van der Waals surface area contributed by atoms with Gasteiger partial charge in [0.25, 0.3) is 0 Å². The highest BCUT2D eigenvalue weighted by molar-refractivity contribution is 6.33. The van der Waals surface area contributed by atoms with Crippen LogP contribution >= 0.6 is 11.6 Å². The second kappa shape index (κ2) is 5.28. The molecule has 0 aliphatic heterocycles. The van der Waals surface area contributed by atoms with Crippen LogP contribution in [0.5, 0.6) is 0 Å². The van der Waals surface area contributed by atoms with Crippen molar-refractivity contribution in [1.29, 1.82) is 0 Å². The Balaban J connectivity index is 2.22. The largest absolute Gasteiger partial charge is 0.459 e. The molecule has 0 saturated heterocycles. The summed E-state index contributed by atoms with van der Waals surface area (Å²) in [5.41, 5.74) is 0.538. The van der Waals surface area contributed by atoms with Crippen LogP contribution in [0.25, 0.3) is 11.6 Å². The molecule has 2 aromatic rings. The molecule has 2 rings (SSSR count). The molecule has 0 amide bonds. The van der Waals surface area contributed by atoms with Crippen molar-refractivity contribution in [3.8, 4) is 11.6 Å². The highest BCUT2D eigenvalue weighted by Crippen LogP contribution is 2.28. The summed E-state index contributed by atoms with van der Waals surface area (Å²) in [5.74, 6) is -0.0558. The van der Waals surface area contributed by atoms with E-state index in [0.29, 0.717) is 22.3 Å². The molecule has 0 bridgehead atoms. The number of ether oxygens (including phenoxy) is 1. The number of nitrogens with zero attached hydrogens (tertiary/aromatic N) is 3. The van der Waals surface area contributed by atoms with Gasteiger partial charge in [0.05, 0.1) is 16.9 Å². The molecular weight excluding hydrogens is 282 g/mol. The average Bonchev–Trinajstić information content (AvgIpc) is 2.90. The molecular formula is C13H16ClN3O3. The van der Waals surface area contributed by atoms with Crippen LogP contribution in [0.3, 0.4) is 0 Å². The number of oxazole rings is 1. The Bertz CT molecular complexity index is 612. The maximum absolute atomic E-state index is 11.8. The Morgan fingerprint density at radius 2 is 2.20 bits per heavy atom. The van der Waals surface area contributed by atoms with Gasteiger partial charge in [0.1, 0.15) is 18.4 Å². The van der Waals surface area contributed by atoms with Crippen LogP contribution in [0.4, 0.5) is 0 Å². The van der Waals surface area contributed by atoms with Gasteiger partial charge in [-0.05, 0) is 27.7 Å². The lowest BCUT2D eigenvalue weighted by atomic mass is 10.2. The fraction of sp³-hybridized carbons (Fsp3) is 0.462. The predicted octanol–water partition coefficient (Wildman–Crippen LogP) is 2.84. The highest BCUT2D eigenvalue weighted by Gasteiger charge is 2.21. The van der Waals surface area contributed by atoms with E-state index < -0.39 is 5.60 Å². The van der Waals surface area contributed by atoms with E-state index in [0.717, 1.165) is 0 Å². The van der Waals surface area contributed by atoms with Crippen LogP contribution in [-0.4, -0.2) is 26.3 Å². The van der Waals surface area contributed by atoms with Crippen molar-refractivity contribution in [2.24, 2.45) is 0 Å². The number of carbonyl (C=O) groups excluding carboxylic acids is 1. The first-order chi connectivity index (χ1) is 9.28. The van der Waals surface area contributed by atoms with E-state index in [-0.39, 0.29) is 12.5 Å². The molecule has 0 N–H and O–H groups in total. The molecule has 6 nitrogen and oxygen atoms in total. The van der Waals surface area contributed by atoms with Gasteiger partial charge in [0.2, 0.25) is 5.89 Å². The number of aromatic nitrogens is 3. The van der Waals surface area contributed by atoms with Gasteiger partial charge in [-0.15, -0.1) is 0 Å². The fourth-order valence-electron chi connectivity index (χ4n) is 1.65. The molecule has 0 aliphatic rings. The van der Waals surface area contributed by atoms with Gasteiger partial charge >= 0.3 is 5.97 Å². The summed E-state index contributed by atoms with van der Waals surface area (Å²) >= 11 is 6.19. The molecule has 2 aromatic heterocycles. The SMILES string of the molecule is Cc1c(Cl)c(-c2ncco2)nn1CC(=O)OC(C)(C)C. The standard InChI is InChI=1S/C13H16ClN3O3/c1-8-10(14)11(12-15-5-6-19-12)16-17(8)7-9(18)20-13(2,3)4/h5-6H,7H2,1-4H3. The van der Waals surface area contributed by atoms with Crippen LogP contribution in [0.2, 0.25) is 5.02 Å². The summed E-state index contributed by atoms with van der Waals surface area (Å²) < 4.78 is 11.9. The third-order valence-electron chi connectivity index (χ3n) is 2.47. The molecule has 0 unspecified atom stereocenters. The second-order valence-electron chi connectivity index (χ2n) is 5.33. The minimum atomic E-state index is -0.534. The third-order valence-corrected chi connectivity index (χ3v) is 2.92. The first-order valence-electron chi connectivity index (χ1n) is 6.12. The third kappa shape index (κ3) is 3.19. The van der Waals surface area contributed by atoms with Crippen molar-refractivity contribution in [2.45, 2.75) is 39.8 Å². The van der Waals surface area contributed by atoms with Crippen molar-refractivity contribution >= 4 is 17.6 Å². The van der Waals surface area contributed by atoms with E-state index in [9.17, 15) is 4.79 Å². The maximum Gasteiger partial charge on any atom is 0.328 e. The lowest BCUT2D eigenvalue weighted by molar-refractivity contribution is -0.155. The molecule has 2 heterocycles. The maximum atomic E-state index is 11.8. The van der Waals surface area contributed by atoms with E-state index in [1.807, 2.05) is 20.8 Å². The van der Waals surface area contributed by atoms with Crippen molar-refractivity contribution < 1.29 is 13.9 Å². The predicted molar refractivity (Wildman–Crippen MR) is 73.3 cm³/mol. The van der Waals surface area contributed by atoms with Crippen LogP contribution in [-0.2, 0) is 16.1 Å². The molecule has 20 heavy (non-hydrogen) atoms. The lowest BCUT2D eigenvalue weighted by Crippen LogP contribution is -2.27. The summed E-state index contributed by atoms with van der Waals surface area (Å²) in [5, 5.41) is 4.66. The van der Waals surface area contributed by atoms with Crippen LogP contribution in [0, 0.1) is 6.92 Å². The quantitative estimate of drug-likeness (QED) is 0.815. The van der Waals surface area contributed by atoms with E-state index in [1.54, 1.807) is 6.92 Å². The number of rotatable bonds is 3. The number of esters is 1. The van der Waals surface area contributed by atoms with E-state index >= 15 is 0 Å². The number of halogens is 1. The molecule has 0 aliphatic carbocycles. The summed E-state index contributed by atoms with van der Waals surface area (Å²) in [6.07, 6.45) is 2.95. The van der Waals surface area contributed by atoms with Gasteiger partial charge in [-0.1, -0.05) is 11.6 Å². The minimum Gasteiger partial charge on any atom is -0.459 e. The monoisotopic (exact) mass is 297 g/mol. The Morgan fingerprint density at radius 3 is 2.75 bits per heavy atom. The van der Waals surface area contributed by atoms with Gasteiger partial charge in [-0.2, -0.15) is 5.10 Å². The van der Waals surface area contributed by atoms with Crippen molar-refractivity contribution in [2.75, 3.05) is 0 Å². The molecule has 0 radical (unpaired) electrons. The number of hydrogen-bond donors (Lipinski definition) is 0. The molecule has 0 fully saturated rings. The zero-order valence-electron chi connectivity index (χ0n) is 11.8. The lowest BCUT2D eigenvalue weighted by Gasteiger charge is -2.19. The van der Waals surface area contributed by atoms with Gasteiger partial charge in [0, 0.05) is 0 Å². The van der Waals surface area contributed by atoms with Gasteiger partial charge < -0.3 is 9.15 Å². The topological polar surface area (TPSA) is 70.2 Å². The Labute approximate surface area is 121 Å². The summed E-state index contributed by atoms with van der Waals surface area (Å²) in [4.78, 5) is 15.8. The van der Waals surface area contributed by atoms with Crippen LogP contribution in [0.1, 0.15) is 26.5 Å². The second-order valence-corrected chi connectivity index (χ2v) is 5.71. The molecule has 0 atom stereocenters. The molecule has 0 spiro atoms. The van der Waals surface area contributed by atoms with E-state index in [4.69, 9.17) is 20.8 Å². The van der Waals surface area contributed by atoms with E-state index in [1.165, 1.54) is 17.1 Å². The Morgan fingerprint density at radius 1 is 1.50 bits per heavy atom. The smallest absolute Gasteiger partial charge is 0.328 e. The van der Waals surface area contributed by atoms with Gasteiger partial charge in [-0.25, -0.2) is 4.98 Å². The first-order valence-corrected chi connectivity index (χ1v) is 6.50. The normalized spacial score (nSPS) is 11.7. The highest BCUT2D eigenvalue weighted by atomic mass is 35.5. The summed E-state index contributed by atoms with van der Waals surface area (Å²) in [6, 6.07) is 0. The van der Waals surface area contributed by atoms with Crippen molar-refractivity contribution in [3.63, 3.8) is 0 Å². The van der Waals surface area contributed by atoms with Crippen molar-refractivity contribution in [3.05, 3.63) is 23.2 Å². The number of carbonyl (C=O) groups is 1. The van der Waals surface area contributed by atoms with Gasteiger partial charge in [-0.3, -0.25) is 9.48 Å². The fourth-order valence-corrected chi connectivity index (χ4v) is 1.87.